The summed E-state index contributed by atoms with van der Waals surface area (Å²) in [6.07, 6.45) is 0.923. The maximum Gasteiger partial charge on any atom is 0.511 e. The highest BCUT2D eigenvalue weighted by molar-refractivity contribution is 5.59. The van der Waals surface area contributed by atoms with Crippen molar-refractivity contribution in [3.8, 4) is 0 Å². The van der Waals surface area contributed by atoms with E-state index in [1.807, 2.05) is 6.92 Å². The van der Waals surface area contributed by atoms with Gasteiger partial charge in [-0.05, 0) is 6.42 Å². The standard InChI is InChI=1S/C7H12O5/c1-2-3-4-11-7(9)12-6-10-5-8/h5H,2-4,6H2,1H3. The predicted octanol–water partition coefficient (Wildman–Crippen LogP) is 1.07. The summed E-state index contributed by atoms with van der Waals surface area (Å²) < 4.78 is 13.0. The molecule has 0 spiro atoms. The van der Waals surface area contributed by atoms with Gasteiger partial charge in [-0.3, -0.25) is 4.79 Å². The van der Waals surface area contributed by atoms with E-state index in [-0.39, 0.29) is 6.47 Å². The maximum atomic E-state index is 10.6. The molecule has 0 N–H and O–H groups in total. The molecular formula is C7H12O5. The van der Waals surface area contributed by atoms with Gasteiger partial charge >= 0.3 is 6.16 Å². The minimum Gasteiger partial charge on any atom is -0.434 e. The summed E-state index contributed by atoms with van der Waals surface area (Å²) in [4.78, 5) is 20.1. The Balaban J connectivity index is 3.15. The molecule has 0 heterocycles. The van der Waals surface area contributed by atoms with Gasteiger partial charge in [-0.25, -0.2) is 4.79 Å². The van der Waals surface area contributed by atoms with Crippen molar-refractivity contribution < 1.29 is 23.8 Å². The van der Waals surface area contributed by atoms with Crippen molar-refractivity contribution in [2.75, 3.05) is 13.4 Å². The molecule has 5 nitrogen and oxygen atoms in total. The molecule has 0 saturated carbocycles. The van der Waals surface area contributed by atoms with Gasteiger partial charge in [0.25, 0.3) is 6.47 Å². The quantitative estimate of drug-likeness (QED) is 0.262. The van der Waals surface area contributed by atoms with Gasteiger partial charge in [0.1, 0.15) is 0 Å². The van der Waals surface area contributed by atoms with Crippen LogP contribution in [0.1, 0.15) is 19.8 Å². The van der Waals surface area contributed by atoms with Crippen molar-refractivity contribution in [1.82, 2.24) is 0 Å². The zero-order valence-electron chi connectivity index (χ0n) is 6.95. The van der Waals surface area contributed by atoms with Crippen molar-refractivity contribution in [1.29, 1.82) is 0 Å². The molecule has 0 unspecified atom stereocenters. The fourth-order valence-electron chi connectivity index (χ4n) is 0.451. The molecule has 0 radical (unpaired) electrons. The van der Waals surface area contributed by atoms with Crippen LogP contribution in [0.5, 0.6) is 0 Å². The zero-order chi connectivity index (χ0) is 9.23. The Kier molecular flexibility index (Phi) is 7.02. The molecule has 0 bridgehead atoms. The highest BCUT2D eigenvalue weighted by atomic mass is 16.8. The van der Waals surface area contributed by atoms with Crippen molar-refractivity contribution in [3.05, 3.63) is 0 Å². The van der Waals surface area contributed by atoms with Gasteiger partial charge in [0.05, 0.1) is 6.61 Å². The second-order valence-electron chi connectivity index (χ2n) is 1.98. The van der Waals surface area contributed by atoms with Gasteiger partial charge in [0, 0.05) is 0 Å². The SMILES string of the molecule is CCCCOC(=O)OCOC=O. The third kappa shape index (κ3) is 6.85. The second-order valence-corrected chi connectivity index (χ2v) is 1.98. The van der Waals surface area contributed by atoms with Crippen LogP contribution in [0.4, 0.5) is 4.79 Å². The third-order valence-electron chi connectivity index (χ3n) is 1.03. The number of unbranched alkanes of at least 4 members (excludes halogenated alkanes) is 1. The first-order valence-electron chi connectivity index (χ1n) is 3.66. The zero-order valence-corrected chi connectivity index (χ0v) is 6.95. The fourth-order valence-corrected chi connectivity index (χ4v) is 0.451. The van der Waals surface area contributed by atoms with Crippen LogP contribution in [0, 0.1) is 0 Å². The molecule has 0 saturated heterocycles. The summed E-state index contributed by atoms with van der Waals surface area (Å²) in [6.45, 7) is 2.11. The van der Waals surface area contributed by atoms with Gasteiger partial charge < -0.3 is 14.2 Å². The first-order valence-corrected chi connectivity index (χ1v) is 3.66. The van der Waals surface area contributed by atoms with Crippen LogP contribution >= 0.6 is 0 Å². The lowest BCUT2D eigenvalue weighted by molar-refractivity contribution is -0.137. The van der Waals surface area contributed by atoms with Gasteiger partial charge in [0.15, 0.2) is 0 Å². The summed E-state index contributed by atoms with van der Waals surface area (Å²) in [7, 11) is 0. The Bertz CT molecular complexity index is 134. The van der Waals surface area contributed by atoms with E-state index in [0.29, 0.717) is 6.61 Å². The molecule has 0 amide bonds. The van der Waals surface area contributed by atoms with Crippen LogP contribution in [0.25, 0.3) is 0 Å². The lowest BCUT2D eigenvalue weighted by Crippen LogP contribution is -2.10. The van der Waals surface area contributed by atoms with Crippen molar-refractivity contribution in [2.24, 2.45) is 0 Å². The lowest BCUT2D eigenvalue weighted by Gasteiger charge is -2.03. The van der Waals surface area contributed by atoms with Gasteiger partial charge in [-0.15, -0.1) is 0 Å². The molecule has 0 aromatic carbocycles. The van der Waals surface area contributed by atoms with Crippen LogP contribution in [-0.2, 0) is 19.0 Å². The molecule has 5 heteroatoms. The highest BCUT2D eigenvalue weighted by Gasteiger charge is 2.01. The fraction of sp³-hybridized carbons (Fsp3) is 0.714. The molecule has 0 aliphatic rings. The summed E-state index contributed by atoms with van der Waals surface area (Å²) in [5, 5.41) is 0. The number of rotatable bonds is 6. The largest absolute Gasteiger partial charge is 0.511 e. The molecule has 12 heavy (non-hydrogen) atoms. The first kappa shape index (κ1) is 10.7. The number of hydrogen-bond donors (Lipinski definition) is 0. The average molecular weight is 176 g/mol. The minimum atomic E-state index is -0.815. The van der Waals surface area contributed by atoms with E-state index >= 15 is 0 Å². The van der Waals surface area contributed by atoms with Crippen LogP contribution in [0.2, 0.25) is 0 Å². The van der Waals surface area contributed by atoms with E-state index in [2.05, 4.69) is 14.2 Å². The molecule has 0 aromatic rings. The van der Waals surface area contributed by atoms with Gasteiger partial charge in [0.2, 0.25) is 6.79 Å². The second kappa shape index (κ2) is 7.84. The van der Waals surface area contributed by atoms with Gasteiger partial charge in [-0.2, -0.15) is 0 Å². The molecule has 0 rings (SSSR count). The van der Waals surface area contributed by atoms with E-state index in [1.54, 1.807) is 0 Å². The monoisotopic (exact) mass is 176 g/mol. The Hall–Kier alpha value is -1.26. The summed E-state index contributed by atoms with van der Waals surface area (Å²) in [5.41, 5.74) is 0. The number of ether oxygens (including phenoxy) is 3. The van der Waals surface area contributed by atoms with E-state index in [4.69, 9.17) is 0 Å². The predicted molar refractivity (Wildman–Crippen MR) is 39.4 cm³/mol. The van der Waals surface area contributed by atoms with Crippen LogP contribution < -0.4 is 0 Å². The van der Waals surface area contributed by atoms with Gasteiger partial charge in [-0.1, -0.05) is 13.3 Å². The Labute approximate surface area is 70.6 Å². The first-order chi connectivity index (χ1) is 5.81. The topological polar surface area (TPSA) is 61.8 Å². The van der Waals surface area contributed by atoms with E-state index < -0.39 is 12.9 Å². The highest BCUT2D eigenvalue weighted by Crippen LogP contribution is 1.91. The molecule has 70 valence electrons. The van der Waals surface area contributed by atoms with Crippen molar-refractivity contribution in [2.45, 2.75) is 19.8 Å². The smallest absolute Gasteiger partial charge is 0.434 e. The molecule has 0 aliphatic heterocycles. The Morgan fingerprint density at radius 2 is 2.17 bits per heavy atom. The normalized spacial score (nSPS) is 8.75. The Morgan fingerprint density at radius 1 is 1.42 bits per heavy atom. The number of carbonyl (C=O) groups excluding carboxylic acids is 2. The Morgan fingerprint density at radius 3 is 2.75 bits per heavy atom. The van der Waals surface area contributed by atoms with Crippen LogP contribution in [0.15, 0.2) is 0 Å². The van der Waals surface area contributed by atoms with E-state index in [9.17, 15) is 9.59 Å². The minimum absolute atomic E-state index is 0.194. The summed E-state index contributed by atoms with van der Waals surface area (Å²) >= 11 is 0. The van der Waals surface area contributed by atoms with Crippen molar-refractivity contribution in [3.63, 3.8) is 0 Å². The molecule has 0 aliphatic carbocycles. The van der Waals surface area contributed by atoms with Crippen molar-refractivity contribution >= 4 is 12.6 Å². The molecule has 0 aromatic heterocycles. The molecule has 0 fully saturated rings. The molecule has 0 atom stereocenters. The van der Waals surface area contributed by atoms with E-state index in [1.165, 1.54) is 0 Å². The maximum absolute atomic E-state index is 10.6. The van der Waals surface area contributed by atoms with Crippen LogP contribution in [-0.4, -0.2) is 26.0 Å². The number of carbonyl (C=O) groups is 2. The summed E-state index contributed by atoms with van der Waals surface area (Å²) in [5.74, 6) is 0. The average Bonchev–Trinajstić information content (AvgIpc) is 2.06. The van der Waals surface area contributed by atoms with Crippen LogP contribution in [0.3, 0.4) is 0 Å². The van der Waals surface area contributed by atoms with E-state index in [0.717, 1.165) is 12.8 Å². The third-order valence-corrected chi connectivity index (χ3v) is 1.03. The number of hydrogen-bond acceptors (Lipinski definition) is 5. The lowest BCUT2D eigenvalue weighted by atomic mass is 10.4. The summed E-state index contributed by atoms with van der Waals surface area (Å²) in [6, 6.07) is 0. The molecular weight excluding hydrogens is 164 g/mol.